The molecule has 0 spiro atoms. The van der Waals surface area contributed by atoms with E-state index in [4.69, 9.17) is 0 Å². The molecule has 2 aliphatic rings. The maximum Gasteiger partial charge on any atom is 1.00 e. The van der Waals surface area contributed by atoms with Gasteiger partial charge >= 0.3 is 29.6 Å². The quantitative estimate of drug-likeness (QED) is 0.637. The monoisotopic (exact) mass is 360 g/mol. The largest absolute Gasteiger partial charge is 1.00 e. The van der Waals surface area contributed by atoms with Crippen molar-refractivity contribution >= 4 is 36.0 Å². The van der Waals surface area contributed by atoms with Gasteiger partial charge in [0.1, 0.15) is 0 Å². The molecule has 1 N–H and O–H groups in total. The van der Waals surface area contributed by atoms with Crippen LogP contribution in [0, 0.1) is 0 Å². The van der Waals surface area contributed by atoms with Crippen LogP contribution in [-0.2, 0) is 25.7 Å². The van der Waals surface area contributed by atoms with Gasteiger partial charge in [-0.1, -0.05) is 6.07 Å². The van der Waals surface area contributed by atoms with Gasteiger partial charge in [-0.3, -0.25) is 0 Å². The summed E-state index contributed by atoms with van der Waals surface area (Å²) in [6.07, 6.45) is 6.57. The first kappa shape index (κ1) is 17.6. The van der Waals surface area contributed by atoms with E-state index in [2.05, 4.69) is 21.5 Å². The number of benzene rings is 1. The van der Waals surface area contributed by atoms with Gasteiger partial charge in [-0.25, -0.2) is 0 Å². The SMILES string of the molecule is [Na+].[O-]Sc1nc(Nc2c3c(cc4c2CCC4)CCC3)n(SF)n1. The molecule has 116 valence electrons. The molecule has 5 nitrogen and oxygen atoms in total. The number of anilines is 2. The normalized spacial score (nSPS) is 15.2. The van der Waals surface area contributed by atoms with Gasteiger partial charge in [-0.15, -0.1) is 13.1 Å². The molecule has 0 amide bonds. The summed E-state index contributed by atoms with van der Waals surface area (Å²) in [5.41, 5.74) is 6.47. The minimum Gasteiger partial charge on any atom is -0.793 e. The number of fused-ring (bicyclic) bond motifs is 2. The van der Waals surface area contributed by atoms with Crippen molar-refractivity contribution in [3.05, 3.63) is 28.3 Å². The van der Waals surface area contributed by atoms with Crippen LogP contribution in [0.2, 0.25) is 0 Å². The molecular formula is C14H14FN4NaOS2. The number of nitrogens with zero attached hydrogens (tertiary/aromatic N) is 3. The van der Waals surface area contributed by atoms with E-state index < -0.39 is 0 Å². The first-order chi connectivity index (χ1) is 10.8. The van der Waals surface area contributed by atoms with E-state index in [1.165, 1.54) is 22.3 Å². The van der Waals surface area contributed by atoms with E-state index in [0.29, 0.717) is 0 Å². The van der Waals surface area contributed by atoms with Crippen molar-refractivity contribution in [1.29, 1.82) is 0 Å². The summed E-state index contributed by atoms with van der Waals surface area (Å²) in [7, 11) is 0. The van der Waals surface area contributed by atoms with Gasteiger partial charge in [0.25, 0.3) is 0 Å². The number of aromatic nitrogens is 3. The molecule has 2 aliphatic carbocycles. The first-order valence-corrected chi connectivity index (χ1v) is 8.71. The second-order valence-electron chi connectivity index (χ2n) is 5.60. The molecule has 9 heteroatoms. The fraction of sp³-hybridized carbons (Fsp3) is 0.429. The Morgan fingerprint density at radius 2 is 1.78 bits per heavy atom. The molecule has 1 aromatic heterocycles. The molecule has 1 heterocycles. The van der Waals surface area contributed by atoms with Crippen LogP contribution < -0.4 is 34.9 Å². The molecule has 0 bridgehead atoms. The number of hydrogen-bond donors (Lipinski definition) is 1. The Balaban J connectivity index is 0.00000156. The van der Waals surface area contributed by atoms with Crippen LogP contribution in [0.1, 0.15) is 35.1 Å². The molecule has 4 rings (SSSR count). The van der Waals surface area contributed by atoms with E-state index in [-0.39, 0.29) is 65.0 Å². The third kappa shape index (κ3) is 3.17. The topological polar surface area (TPSA) is 65.8 Å². The zero-order chi connectivity index (χ0) is 15.1. The predicted octanol–water partition coefficient (Wildman–Crippen LogP) is 0.606. The van der Waals surface area contributed by atoms with Gasteiger partial charge in [-0.05, 0) is 60.8 Å². The standard InChI is InChI=1S/C14H15FN4OS2.Na/c15-22-19-13(17-14(18-19)21-20)16-12-10-5-1-3-8(10)7-9-4-2-6-11(9)12;/h7,20H,1-6H2,(H,16,17,18);/q;+1/p-1. The Hall–Kier alpha value is -0.250. The van der Waals surface area contributed by atoms with Crippen molar-refractivity contribution in [1.82, 2.24) is 14.2 Å². The fourth-order valence-corrected chi connectivity index (χ4v) is 4.07. The molecule has 0 saturated heterocycles. The van der Waals surface area contributed by atoms with Crippen LogP contribution in [0.15, 0.2) is 11.2 Å². The Morgan fingerprint density at radius 3 is 2.35 bits per heavy atom. The number of hydrogen-bond acceptors (Lipinski definition) is 6. The van der Waals surface area contributed by atoms with E-state index in [1.807, 2.05) is 0 Å². The van der Waals surface area contributed by atoms with Gasteiger partial charge in [0.2, 0.25) is 5.95 Å². The summed E-state index contributed by atoms with van der Waals surface area (Å²) >= 11 is 0.113. The molecule has 0 atom stereocenters. The molecule has 0 saturated carbocycles. The molecule has 0 fully saturated rings. The number of aryl methyl sites for hydroxylation is 2. The zero-order valence-electron chi connectivity index (χ0n) is 12.8. The van der Waals surface area contributed by atoms with E-state index >= 15 is 0 Å². The van der Waals surface area contributed by atoms with Crippen molar-refractivity contribution in [3.63, 3.8) is 0 Å². The molecule has 0 radical (unpaired) electrons. The van der Waals surface area contributed by atoms with Crippen molar-refractivity contribution in [2.45, 2.75) is 43.7 Å². The summed E-state index contributed by atoms with van der Waals surface area (Å²) in [6, 6.07) is 2.34. The summed E-state index contributed by atoms with van der Waals surface area (Å²) in [4.78, 5) is 4.08. The fourth-order valence-electron chi connectivity index (χ4n) is 3.52. The average molecular weight is 360 g/mol. The Kier molecular flexibility index (Phi) is 5.60. The zero-order valence-corrected chi connectivity index (χ0v) is 16.4. The number of rotatable bonds is 4. The van der Waals surface area contributed by atoms with Gasteiger partial charge in [0.05, 0.1) is 0 Å². The summed E-state index contributed by atoms with van der Waals surface area (Å²) in [6.45, 7) is 0. The van der Waals surface area contributed by atoms with Crippen LogP contribution in [0.25, 0.3) is 0 Å². The van der Waals surface area contributed by atoms with Crippen LogP contribution in [-0.4, -0.2) is 18.7 Å². The molecular weight excluding hydrogens is 346 g/mol. The van der Waals surface area contributed by atoms with Crippen molar-refractivity contribution in [2.75, 3.05) is 5.32 Å². The van der Waals surface area contributed by atoms with Crippen molar-refractivity contribution in [3.8, 4) is 0 Å². The second kappa shape index (κ2) is 7.33. The Bertz CT molecular complexity index is 708. The third-order valence-corrected chi connectivity index (χ3v) is 5.12. The molecule has 1 aromatic carbocycles. The molecule has 0 aliphatic heterocycles. The van der Waals surface area contributed by atoms with Gasteiger partial charge in [0.15, 0.2) is 17.5 Å². The summed E-state index contributed by atoms with van der Waals surface area (Å²) < 4.78 is 24.9. The molecule has 2 aromatic rings. The van der Waals surface area contributed by atoms with Gasteiger partial charge in [-0.2, -0.15) is 17.0 Å². The minimum atomic E-state index is -0.0542. The number of halogens is 1. The Morgan fingerprint density at radius 1 is 1.13 bits per heavy atom. The Labute approximate surface area is 164 Å². The van der Waals surface area contributed by atoms with Crippen LogP contribution >= 0.6 is 24.4 Å². The molecule has 0 unspecified atom stereocenters. The molecule has 23 heavy (non-hydrogen) atoms. The van der Waals surface area contributed by atoms with Crippen LogP contribution in [0.3, 0.4) is 0 Å². The van der Waals surface area contributed by atoms with Gasteiger partial charge < -0.3 is 9.87 Å². The smallest absolute Gasteiger partial charge is 0.793 e. The van der Waals surface area contributed by atoms with Crippen LogP contribution in [0.4, 0.5) is 15.5 Å². The van der Waals surface area contributed by atoms with E-state index in [1.54, 1.807) is 0 Å². The third-order valence-electron chi connectivity index (χ3n) is 4.41. The average Bonchev–Trinajstić information content (AvgIpc) is 3.25. The maximum atomic E-state index is 13.0. The second-order valence-corrected chi connectivity index (χ2v) is 6.62. The first-order valence-electron chi connectivity index (χ1n) is 7.29. The van der Waals surface area contributed by atoms with Crippen LogP contribution in [0.5, 0.6) is 0 Å². The predicted molar refractivity (Wildman–Crippen MR) is 84.5 cm³/mol. The maximum absolute atomic E-state index is 13.0. The van der Waals surface area contributed by atoms with Gasteiger partial charge in [0, 0.05) is 5.69 Å². The van der Waals surface area contributed by atoms with Crippen molar-refractivity contribution in [2.24, 2.45) is 0 Å². The number of nitrogens with one attached hydrogen (secondary N) is 1. The van der Waals surface area contributed by atoms with E-state index in [9.17, 15) is 8.44 Å². The minimum absolute atomic E-state index is 0. The summed E-state index contributed by atoms with van der Waals surface area (Å²) in [5, 5.41) is 7.09. The summed E-state index contributed by atoms with van der Waals surface area (Å²) in [5.74, 6) is 0.278. The van der Waals surface area contributed by atoms with Crippen molar-refractivity contribution < 1.29 is 38.0 Å². The van der Waals surface area contributed by atoms with E-state index in [0.717, 1.165) is 48.3 Å².